The molecular formula is C30H34N4O7S. The highest BCUT2D eigenvalue weighted by molar-refractivity contribution is 7.10. The molecule has 1 unspecified atom stereocenters. The third-order valence-electron chi connectivity index (χ3n) is 6.14. The van der Waals surface area contributed by atoms with Crippen LogP contribution in [-0.2, 0) is 33.7 Å². The molecule has 0 bridgehead atoms. The number of thiophene rings is 1. The molecule has 1 aromatic heterocycles. The van der Waals surface area contributed by atoms with Gasteiger partial charge in [-0.1, -0.05) is 36.9 Å². The number of carboxylic acid groups (broad SMARTS) is 1. The highest BCUT2D eigenvalue weighted by atomic mass is 32.1. The van der Waals surface area contributed by atoms with Crippen LogP contribution in [0.1, 0.15) is 21.6 Å². The number of carbonyl (C=O) groups is 4. The number of likely N-dealkylation sites (N-methyl/N-ethyl adjacent to an activating group) is 1. The molecule has 0 saturated carbocycles. The fourth-order valence-corrected chi connectivity index (χ4v) is 4.87. The zero-order chi connectivity index (χ0) is 30.6. The van der Waals surface area contributed by atoms with Crippen molar-refractivity contribution >= 4 is 46.7 Å². The van der Waals surface area contributed by atoms with E-state index < -0.39 is 24.1 Å². The smallest absolute Gasteiger partial charge is 0.408 e. The topological polar surface area (TPSA) is 146 Å². The van der Waals surface area contributed by atoms with Gasteiger partial charge in [0.15, 0.2) is 0 Å². The fourth-order valence-electron chi connectivity index (χ4n) is 3.95. The van der Waals surface area contributed by atoms with Gasteiger partial charge in [-0.05, 0) is 53.3 Å². The van der Waals surface area contributed by atoms with Crippen molar-refractivity contribution < 1.29 is 33.8 Å². The Hall–Kier alpha value is -4.84. The summed E-state index contributed by atoms with van der Waals surface area (Å²) in [7, 11) is 3.17. The predicted molar refractivity (Wildman–Crippen MR) is 161 cm³/mol. The monoisotopic (exact) mass is 594 g/mol. The first kappa shape index (κ1) is 31.7. The lowest BCUT2D eigenvalue weighted by Crippen LogP contribution is -2.42. The van der Waals surface area contributed by atoms with Crippen molar-refractivity contribution in [1.29, 1.82) is 0 Å². The standard InChI is InChI=1S/C30H34N4O7S/c1-5-12-41-30(39)33-25(28(36)37)16-22-13-21(18-42-22)17-34(3)27(35)15-20-10-11-24(26(14-20)40-4)32-29(38)31-23-9-7-6-8-19(23)2/h5-11,13-14,18,25H,1,12,15-17H2,2-4H3,(H,33,39)(H,36,37)(H2,31,32,38). The zero-order valence-electron chi connectivity index (χ0n) is 23.6. The molecule has 4 N–H and O–H groups in total. The number of anilines is 2. The third-order valence-corrected chi connectivity index (χ3v) is 7.15. The highest BCUT2D eigenvalue weighted by Gasteiger charge is 2.22. The number of urea groups is 1. The van der Waals surface area contributed by atoms with E-state index in [1.165, 1.54) is 24.5 Å². The van der Waals surface area contributed by atoms with Crippen LogP contribution < -0.4 is 20.7 Å². The quantitative estimate of drug-likeness (QED) is 0.208. The van der Waals surface area contributed by atoms with Gasteiger partial charge in [-0.2, -0.15) is 0 Å². The van der Waals surface area contributed by atoms with Crippen molar-refractivity contribution in [2.24, 2.45) is 0 Å². The van der Waals surface area contributed by atoms with Crippen LogP contribution in [0.15, 0.2) is 66.6 Å². The van der Waals surface area contributed by atoms with E-state index in [-0.39, 0.29) is 25.4 Å². The van der Waals surface area contributed by atoms with Crippen LogP contribution in [0.5, 0.6) is 5.75 Å². The minimum absolute atomic E-state index is 0.0266. The average molecular weight is 595 g/mol. The van der Waals surface area contributed by atoms with E-state index in [4.69, 9.17) is 9.47 Å². The van der Waals surface area contributed by atoms with Crippen molar-refractivity contribution in [2.45, 2.75) is 32.4 Å². The lowest BCUT2D eigenvalue weighted by atomic mass is 10.1. The van der Waals surface area contributed by atoms with Crippen molar-refractivity contribution in [3.05, 3.63) is 88.1 Å². The molecule has 1 heterocycles. The van der Waals surface area contributed by atoms with Gasteiger partial charge in [-0.3, -0.25) is 4.79 Å². The van der Waals surface area contributed by atoms with E-state index >= 15 is 0 Å². The second-order valence-corrected chi connectivity index (χ2v) is 10.4. The Morgan fingerprint density at radius 1 is 1.07 bits per heavy atom. The van der Waals surface area contributed by atoms with E-state index in [0.717, 1.165) is 16.0 Å². The molecule has 0 radical (unpaired) electrons. The van der Waals surface area contributed by atoms with Crippen molar-refractivity contribution in [3.8, 4) is 5.75 Å². The van der Waals surface area contributed by atoms with Gasteiger partial charge >= 0.3 is 18.1 Å². The average Bonchev–Trinajstić information content (AvgIpc) is 3.39. The van der Waals surface area contributed by atoms with Gasteiger partial charge in [0, 0.05) is 30.6 Å². The number of aliphatic carboxylic acids is 1. The molecule has 0 saturated heterocycles. The summed E-state index contributed by atoms with van der Waals surface area (Å²) in [6, 6.07) is 12.8. The van der Waals surface area contributed by atoms with E-state index in [0.29, 0.717) is 29.2 Å². The van der Waals surface area contributed by atoms with Crippen LogP contribution >= 0.6 is 11.3 Å². The molecule has 4 amide bonds. The number of alkyl carbamates (subject to hydrolysis) is 1. The van der Waals surface area contributed by atoms with Crippen LogP contribution in [0.3, 0.4) is 0 Å². The van der Waals surface area contributed by atoms with Crippen LogP contribution in [0.25, 0.3) is 0 Å². The molecule has 0 aliphatic rings. The van der Waals surface area contributed by atoms with Crippen molar-refractivity contribution in [3.63, 3.8) is 0 Å². The molecule has 42 heavy (non-hydrogen) atoms. The third kappa shape index (κ3) is 9.37. The van der Waals surface area contributed by atoms with Gasteiger partial charge in [0.05, 0.1) is 19.2 Å². The molecule has 2 aromatic carbocycles. The first-order chi connectivity index (χ1) is 20.1. The Bertz CT molecular complexity index is 1440. The summed E-state index contributed by atoms with van der Waals surface area (Å²) in [5.74, 6) is -0.908. The van der Waals surface area contributed by atoms with E-state index in [9.17, 15) is 24.3 Å². The fraction of sp³-hybridized carbons (Fsp3) is 0.267. The summed E-state index contributed by atoms with van der Waals surface area (Å²) in [6.07, 6.45) is 0.729. The number of amides is 4. The molecule has 222 valence electrons. The Morgan fingerprint density at radius 3 is 2.50 bits per heavy atom. The van der Waals surface area contributed by atoms with Gasteiger partial charge in [0.2, 0.25) is 5.91 Å². The highest BCUT2D eigenvalue weighted by Crippen LogP contribution is 2.27. The van der Waals surface area contributed by atoms with Crippen LogP contribution in [0.2, 0.25) is 0 Å². The largest absolute Gasteiger partial charge is 0.495 e. The number of carboxylic acids is 1. The SMILES string of the molecule is C=CCOC(=O)NC(Cc1cc(CN(C)C(=O)Cc2ccc(NC(=O)Nc3ccccc3C)c(OC)c2)cs1)C(=O)O. The molecule has 0 spiro atoms. The normalized spacial score (nSPS) is 11.1. The van der Waals surface area contributed by atoms with Crippen LogP contribution in [-0.4, -0.2) is 60.8 Å². The number of methoxy groups -OCH3 is 1. The number of hydrogen-bond acceptors (Lipinski definition) is 7. The zero-order valence-corrected chi connectivity index (χ0v) is 24.5. The maximum Gasteiger partial charge on any atom is 0.408 e. The number of nitrogens with one attached hydrogen (secondary N) is 3. The van der Waals surface area contributed by atoms with Gasteiger partial charge in [0.1, 0.15) is 18.4 Å². The van der Waals surface area contributed by atoms with E-state index in [1.807, 2.05) is 42.6 Å². The molecule has 3 aromatic rings. The van der Waals surface area contributed by atoms with Crippen LogP contribution in [0, 0.1) is 6.92 Å². The van der Waals surface area contributed by atoms with Gasteiger partial charge in [0.25, 0.3) is 0 Å². The summed E-state index contributed by atoms with van der Waals surface area (Å²) in [5, 5.41) is 19.2. The summed E-state index contributed by atoms with van der Waals surface area (Å²) < 4.78 is 10.3. The summed E-state index contributed by atoms with van der Waals surface area (Å²) in [4.78, 5) is 51.1. The molecule has 0 aliphatic carbocycles. The van der Waals surface area contributed by atoms with Crippen molar-refractivity contribution in [1.82, 2.24) is 10.2 Å². The minimum Gasteiger partial charge on any atom is -0.495 e. The summed E-state index contributed by atoms with van der Waals surface area (Å²) in [6.45, 7) is 5.63. The van der Waals surface area contributed by atoms with Crippen molar-refractivity contribution in [2.75, 3.05) is 31.4 Å². The molecule has 1 atom stereocenters. The number of ether oxygens (including phenoxy) is 2. The maximum absolute atomic E-state index is 13.0. The Balaban J connectivity index is 1.56. The predicted octanol–water partition coefficient (Wildman–Crippen LogP) is 4.82. The molecular weight excluding hydrogens is 560 g/mol. The van der Waals surface area contributed by atoms with E-state index in [2.05, 4.69) is 22.5 Å². The Kier molecular flexibility index (Phi) is 11.5. The number of para-hydroxylation sites is 1. The number of aryl methyl sites for hydroxylation is 1. The first-order valence-electron chi connectivity index (χ1n) is 13.0. The molecule has 0 aliphatic heterocycles. The second-order valence-electron chi connectivity index (χ2n) is 9.40. The van der Waals surface area contributed by atoms with Crippen LogP contribution in [0.4, 0.5) is 21.0 Å². The van der Waals surface area contributed by atoms with Gasteiger partial charge in [-0.15, -0.1) is 11.3 Å². The van der Waals surface area contributed by atoms with Gasteiger partial charge < -0.3 is 35.4 Å². The number of rotatable bonds is 13. The van der Waals surface area contributed by atoms with Gasteiger partial charge in [-0.25, -0.2) is 14.4 Å². The summed E-state index contributed by atoms with van der Waals surface area (Å²) >= 11 is 1.34. The van der Waals surface area contributed by atoms with E-state index in [1.54, 1.807) is 30.1 Å². The molecule has 3 rings (SSSR count). The lowest BCUT2D eigenvalue weighted by Gasteiger charge is -2.17. The Labute approximate surface area is 248 Å². The number of benzene rings is 2. The number of nitrogens with zero attached hydrogens (tertiary/aromatic N) is 1. The minimum atomic E-state index is -1.18. The second kappa shape index (κ2) is 15.2. The number of carbonyl (C=O) groups excluding carboxylic acids is 3. The molecule has 0 fully saturated rings. The Morgan fingerprint density at radius 2 is 1.81 bits per heavy atom. The maximum atomic E-state index is 13.0. The lowest BCUT2D eigenvalue weighted by molar-refractivity contribution is -0.139. The number of hydrogen-bond donors (Lipinski definition) is 4. The summed E-state index contributed by atoms with van der Waals surface area (Å²) in [5.41, 5.74) is 3.62. The molecule has 12 heteroatoms. The first-order valence-corrected chi connectivity index (χ1v) is 13.8. The molecule has 11 nitrogen and oxygen atoms in total.